The molecule has 1 aromatic heterocycles. The smallest absolute Gasteiger partial charge is 0.258 e. The molecule has 0 radical (unpaired) electrons. The summed E-state index contributed by atoms with van der Waals surface area (Å²) in [6.45, 7) is 3.03. The summed E-state index contributed by atoms with van der Waals surface area (Å²) in [5, 5.41) is 0. The first kappa shape index (κ1) is 13.5. The standard InChI is InChI=1S/C16H21FN2O/c1-11-8-10-19(14-7-3-2-5-12(11)14)16(20)13-6-4-9-18-15(13)17/h4,6,9,11-12,14H,2-3,5,7-8,10H2,1H3. The highest BCUT2D eigenvalue weighted by atomic mass is 19.1. The van der Waals surface area contributed by atoms with Crippen molar-refractivity contribution in [2.75, 3.05) is 6.54 Å². The Bertz CT molecular complexity index is 505. The SMILES string of the molecule is CC1CCN(C(=O)c2cccnc2F)C2CCCCC12. The third-order valence-corrected chi connectivity index (χ3v) is 4.99. The summed E-state index contributed by atoms with van der Waals surface area (Å²) in [4.78, 5) is 18.1. The maximum atomic E-state index is 13.7. The predicted molar refractivity (Wildman–Crippen MR) is 74.8 cm³/mol. The van der Waals surface area contributed by atoms with Crippen molar-refractivity contribution in [3.05, 3.63) is 29.8 Å². The monoisotopic (exact) mass is 276 g/mol. The highest BCUT2D eigenvalue weighted by Crippen LogP contribution is 2.39. The van der Waals surface area contributed by atoms with Crippen LogP contribution < -0.4 is 0 Å². The van der Waals surface area contributed by atoms with Crippen molar-refractivity contribution >= 4 is 5.91 Å². The number of amides is 1. The van der Waals surface area contributed by atoms with Crippen LogP contribution in [0.4, 0.5) is 4.39 Å². The van der Waals surface area contributed by atoms with E-state index in [2.05, 4.69) is 11.9 Å². The number of hydrogen-bond donors (Lipinski definition) is 0. The number of rotatable bonds is 1. The van der Waals surface area contributed by atoms with Gasteiger partial charge in [-0.1, -0.05) is 19.8 Å². The third-order valence-electron chi connectivity index (χ3n) is 4.99. The Morgan fingerprint density at radius 3 is 2.95 bits per heavy atom. The minimum Gasteiger partial charge on any atom is -0.335 e. The number of nitrogens with zero attached hydrogens (tertiary/aromatic N) is 2. The van der Waals surface area contributed by atoms with Crippen LogP contribution in [0.3, 0.4) is 0 Å². The van der Waals surface area contributed by atoms with Gasteiger partial charge in [-0.2, -0.15) is 4.39 Å². The van der Waals surface area contributed by atoms with Crippen LogP contribution in [0, 0.1) is 17.8 Å². The number of carbonyl (C=O) groups excluding carboxylic acids is 1. The molecule has 2 fully saturated rings. The summed E-state index contributed by atoms with van der Waals surface area (Å²) in [7, 11) is 0. The van der Waals surface area contributed by atoms with Gasteiger partial charge < -0.3 is 4.90 Å². The lowest BCUT2D eigenvalue weighted by Gasteiger charge is -2.47. The molecule has 0 bridgehead atoms. The lowest BCUT2D eigenvalue weighted by atomic mass is 9.72. The lowest BCUT2D eigenvalue weighted by molar-refractivity contribution is 0.0213. The van der Waals surface area contributed by atoms with Gasteiger partial charge in [0.25, 0.3) is 5.91 Å². The first-order valence-electron chi connectivity index (χ1n) is 7.60. The normalized spacial score (nSPS) is 29.9. The van der Waals surface area contributed by atoms with Crippen molar-refractivity contribution in [1.29, 1.82) is 0 Å². The van der Waals surface area contributed by atoms with Gasteiger partial charge in [-0.3, -0.25) is 4.79 Å². The summed E-state index contributed by atoms with van der Waals surface area (Å²) in [6, 6.07) is 3.46. The number of piperidine rings is 1. The van der Waals surface area contributed by atoms with Crippen LogP contribution in [-0.4, -0.2) is 28.4 Å². The number of fused-ring (bicyclic) bond motifs is 1. The second-order valence-electron chi connectivity index (χ2n) is 6.12. The summed E-state index contributed by atoms with van der Waals surface area (Å²) in [6.07, 6.45) is 7.10. The van der Waals surface area contributed by atoms with Crippen LogP contribution in [0.1, 0.15) is 49.4 Å². The van der Waals surface area contributed by atoms with Crippen LogP contribution in [0.15, 0.2) is 18.3 Å². The van der Waals surface area contributed by atoms with Gasteiger partial charge in [0.05, 0.1) is 5.56 Å². The zero-order valence-electron chi connectivity index (χ0n) is 11.9. The van der Waals surface area contributed by atoms with Crippen molar-refractivity contribution < 1.29 is 9.18 Å². The van der Waals surface area contributed by atoms with E-state index < -0.39 is 5.95 Å². The van der Waals surface area contributed by atoms with Crippen molar-refractivity contribution in [2.24, 2.45) is 11.8 Å². The van der Waals surface area contributed by atoms with E-state index in [-0.39, 0.29) is 11.5 Å². The molecule has 1 saturated carbocycles. The van der Waals surface area contributed by atoms with E-state index in [4.69, 9.17) is 0 Å². The molecule has 1 amide bonds. The quantitative estimate of drug-likeness (QED) is 0.738. The minimum atomic E-state index is -0.650. The molecule has 3 atom stereocenters. The second-order valence-corrected chi connectivity index (χ2v) is 6.12. The number of halogens is 1. The first-order chi connectivity index (χ1) is 9.68. The van der Waals surface area contributed by atoms with Crippen molar-refractivity contribution in [2.45, 2.75) is 45.1 Å². The number of carbonyl (C=O) groups is 1. The van der Waals surface area contributed by atoms with Crippen LogP contribution >= 0.6 is 0 Å². The topological polar surface area (TPSA) is 33.2 Å². The summed E-state index contributed by atoms with van der Waals surface area (Å²) >= 11 is 0. The maximum Gasteiger partial charge on any atom is 0.258 e. The highest BCUT2D eigenvalue weighted by Gasteiger charge is 2.40. The van der Waals surface area contributed by atoms with Crippen LogP contribution in [0.25, 0.3) is 0 Å². The minimum absolute atomic E-state index is 0.117. The molecule has 0 N–H and O–H groups in total. The third kappa shape index (κ3) is 2.32. The number of pyridine rings is 1. The molecule has 108 valence electrons. The van der Waals surface area contributed by atoms with Gasteiger partial charge in [-0.15, -0.1) is 0 Å². The molecule has 0 aromatic carbocycles. The Kier molecular flexibility index (Phi) is 3.72. The number of likely N-dealkylation sites (tertiary alicyclic amines) is 1. The Morgan fingerprint density at radius 2 is 2.15 bits per heavy atom. The van der Waals surface area contributed by atoms with E-state index in [0.717, 1.165) is 19.4 Å². The number of aromatic nitrogens is 1. The van der Waals surface area contributed by atoms with Gasteiger partial charge in [-0.25, -0.2) is 4.98 Å². The fraction of sp³-hybridized carbons (Fsp3) is 0.625. The molecular formula is C16H21FN2O. The molecule has 0 spiro atoms. The fourth-order valence-electron chi connectivity index (χ4n) is 3.87. The van der Waals surface area contributed by atoms with Crippen molar-refractivity contribution in [1.82, 2.24) is 9.88 Å². The van der Waals surface area contributed by atoms with Gasteiger partial charge >= 0.3 is 0 Å². The van der Waals surface area contributed by atoms with Gasteiger partial charge in [0, 0.05) is 18.8 Å². The summed E-state index contributed by atoms with van der Waals surface area (Å²) in [5.41, 5.74) is 0.117. The Hall–Kier alpha value is -1.45. The van der Waals surface area contributed by atoms with Crippen molar-refractivity contribution in [3.8, 4) is 0 Å². The maximum absolute atomic E-state index is 13.7. The first-order valence-corrected chi connectivity index (χ1v) is 7.60. The van der Waals surface area contributed by atoms with Crippen LogP contribution in [0.2, 0.25) is 0 Å². The molecule has 3 nitrogen and oxygen atoms in total. The molecule has 4 heteroatoms. The van der Waals surface area contributed by atoms with Crippen molar-refractivity contribution in [3.63, 3.8) is 0 Å². The van der Waals surface area contributed by atoms with E-state index in [1.165, 1.54) is 25.5 Å². The zero-order chi connectivity index (χ0) is 14.1. The van der Waals surface area contributed by atoms with E-state index in [1.54, 1.807) is 12.1 Å². The van der Waals surface area contributed by atoms with Gasteiger partial charge in [0.15, 0.2) is 0 Å². The molecule has 2 heterocycles. The molecular weight excluding hydrogens is 255 g/mol. The van der Waals surface area contributed by atoms with Crippen LogP contribution in [-0.2, 0) is 0 Å². The highest BCUT2D eigenvalue weighted by molar-refractivity contribution is 5.94. The molecule has 1 aromatic rings. The van der Waals surface area contributed by atoms with Gasteiger partial charge in [-0.05, 0) is 43.2 Å². The average Bonchev–Trinajstić information content (AvgIpc) is 2.48. The summed E-state index contributed by atoms with van der Waals surface area (Å²) < 4.78 is 13.7. The fourth-order valence-corrected chi connectivity index (χ4v) is 3.87. The average molecular weight is 276 g/mol. The molecule has 3 unspecified atom stereocenters. The van der Waals surface area contributed by atoms with E-state index >= 15 is 0 Å². The molecule has 2 aliphatic rings. The Balaban J connectivity index is 1.85. The molecule has 1 aliphatic heterocycles. The van der Waals surface area contributed by atoms with Gasteiger partial charge in [0.2, 0.25) is 5.95 Å². The van der Waals surface area contributed by atoms with E-state index in [9.17, 15) is 9.18 Å². The molecule has 1 aliphatic carbocycles. The Labute approximate surface area is 119 Å². The lowest BCUT2D eigenvalue weighted by Crippen LogP contribution is -2.52. The van der Waals surface area contributed by atoms with Gasteiger partial charge in [0.1, 0.15) is 0 Å². The molecule has 1 saturated heterocycles. The van der Waals surface area contributed by atoms with E-state index in [1.807, 2.05) is 4.90 Å². The van der Waals surface area contributed by atoms with E-state index in [0.29, 0.717) is 17.9 Å². The number of hydrogen-bond acceptors (Lipinski definition) is 2. The summed E-state index contributed by atoms with van der Waals surface area (Å²) in [5.74, 6) is 0.423. The molecule has 3 rings (SSSR count). The predicted octanol–water partition coefficient (Wildman–Crippen LogP) is 3.26. The second kappa shape index (κ2) is 5.51. The van der Waals surface area contributed by atoms with Crippen LogP contribution in [0.5, 0.6) is 0 Å². The molecule has 20 heavy (non-hydrogen) atoms. The Morgan fingerprint density at radius 1 is 1.35 bits per heavy atom. The zero-order valence-corrected chi connectivity index (χ0v) is 11.9. The largest absolute Gasteiger partial charge is 0.335 e.